The topological polar surface area (TPSA) is 59.1 Å². The number of benzene rings is 1. The van der Waals surface area contributed by atoms with Gasteiger partial charge in [-0.05, 0) is 57.0 Å². The lowest BCUT2D eigenvalue weighted by Crippen LogP contribution is -2.43. The molecule has 0 saturated carbocycles. The molecule has 0 spiro atoms. The van der Waals surface area contributed by atoms with Crippen LogP contribution in [0.4, 0.5) is 0 Å². The fourth-order valence-electron chi connectivity index (χ4n) is 3.50. The Morgan fingerprint density at radius 3 is 1.96 bits per heavy atom. The van der Waals surface area contributed by atoms with Crippen LogP contribution in [0.1, 0.15) is 25.7 Å². The molecular formula is C18H28N2O4S. The van der Waals surface area contributed by atoms with E-state index in [0.717, 1.165) is 38.8 Å². The average molecular weight is 368 g/mol. The van der Waals surface area contributed by atoms with Gasteiger partial charge in [0.25, 0.3) is 0 Å². The smallest absolute Gasteiger partial charge is 0.243 e. The highest BCUT2D eigenvalue weighted by Gasteiger charge is 2.31. The van der Waals surface area contributed by atoms with Gasteiger partial charge in [-0.25, -0.2) is 8.42 Å². The predicted molar refractivity (Wildman–Crippen MR) is 96.4 cm³/mol. The molecule has 0 N–H and O–H groups in total. The van der Waals surface area contributed by atoms with Gasteiger partial charge in [0.05, 0.1) is 24.2 Å². The fourth-order valence-corrected chi connectivity index (χ4v) is 4.97. The molecule has 140 valence electrons. The van der Waals surface area contributed by atoms with Crippen molar-refractivity contribution in [3.05, 3.63) is 24.3 Å². The van der Waals surface area contributed by atoms with Gasteiger partial charge < -0.3 is 14.4 Å². The molecule has 2 fully saturated rings. The van der Waals surface area contributed by atoms with Crippen LogP contribution in [0.2, 0.25) is 0 Å². The first-order chi connectivity index (χ1) is 12.0. The van der Waals surface area contributed by atoms with Gasteiger partial charge in [-0.3, -0.25) is 0 Å². The number of hydrogen-bond donors (Lipinski definition) is 0. The van der Waals surface area contributed by atoms with E-state index in [-0.39, 0.29) is 6.10 Å². The number of nitrogens with zero attached hydrogens (tertiary/aromatic N) is 2. The molecule has 2 aliphatic rings. The lowest BCUT2D eigenvalue weighted by atomic mass is 10.1. The second kappa shape index (κ2) is 8.03. The van der Waals surface area contributed by atoms with E-state index >= 15 is 0 Å². The van der Waals surface area contributed by atoms with Crippen LogP contribution in [0.5, 0.6) is 5.75 Å². The van der Waals surface area contributed by atoms with Crippen molar-refractivity contribution in [2.75, 3.05) is 40.3 Å². The molecule has 2 aliphatic heterocycles. The first kappa shape index (κ1) is 18.6. The van der Waals surface area contributed by atoms with Crippen molar-refractivity contribution in [2.45, 2.75) is 42.8 Å². The van der Waals surface area contributed by atoms with Crippen LogP contribution in [0.3, 0.4) is 0 Å². The van der Waals surface area contributed by atoms with Gasteiger partial charge >= 0.3 is 0 Å². The number of rotatable bonds is 5. The summed E-state index contributed by atoms with van der Waals surface area (Å²) in [6.07, 6.45) is 4.17. The molecule has 0 aliphatic carbocycles. The first-order valence-electron chi connectivity index (χ1n) is 8.97. The molecule has 3 rings (SSSR count). The number of piperidine rings is 2. The SMILES string of the molecule is COc1ccc(S(=O)(=O)N2CCC(OC3CCN(C)CC3)CC2)cc1. The van der Waals surface area contributed by atoms with E-state index < -0.39 is 10.0 Å². The highest BCUT2D eigenvalue weighted by Crippen LogP contribution is 2.25. The molecule has 2 saturated heterocycles. The van der Waals surface area contributed by atoms with Gasteiger partial charge in [-0.2, -0.15) is 4.31 Å². The summed E-state index contributed by atoms with van der Waals surface area (Å²) < 4.78 is 38.4. The van der Waals surface area contributed by atoms with Crippen molar-refractivity contribution in [1.29, 1.82) is 0 Å². The van der Waals surface area contributed by atoms with Gasteiger partial charge in [0.2, 0.25) is 10.0 Å². The molecule has 0 bridgehead atoms. The first-order valence-corrected chi connectivity index (χ1v) is 10.4. The quantitative estimate of drug-likeness (QED) is 0.795. The summed E-state index contributed by atoms with van der Waals surface area (Å²) in [5, 5.41) is 0. The summed E-state index contributed by atoms with van der Waals surface area (Å²) >= 11 is 0. The minimum atomic E-state index is -3.44. The van der Waals surface area contributed by atoms with E-state index in [9.17, 15) is 8.42 Å². The summed E-state index contributed by atoms with van der Waals surface area (Å²) in [4.78, 5) is 2.65. The summed E-state index contributed by atoms with van der Waals surface area (Å²) in [6.45, 7) is 3.20. The standard InChI is InChI=1S/C18H28N2O4S/c1-19-11-7-16(8-12-19)24-17-9-13-20(14-10-17)25(21,22)18-5-3-15(23-2)4-6-18/h3-6,16-17H,7-14H2,1-2H3. The van der Waals surface area contributed by atoms with E-state index in [4.69, 9.17) is 9.47 Å². The summed E-state index contributed by atoms with van der Waals surface area (Å²) in [5.41, 5.74) is 0. The zero-order chi connectivity index (χ0) is 17.9. The monoisotopic (exact) mass is 368 g/mol. The lowest BCUT2D eigenvalue weighted by Gasteiger charge is -2.35. The fraction of sp³-hybridized carbons (Fsp3) is 0.667. The molecule has 0 radical (unpaired) electrons. The van der Waals surface area contributed by atoms with E-state index in [1.807, 2.05) is 0 Å². The molecule has 7 heteroatoms. The van der Waals surface area contributed by atoms with Crippen LogP contribution in [-0.2, 0) is 14.8 Å². The van der Waals surface area contributed by atoms with Crippen LogP contribution >= 0.6 is 0 Å². The highest BCUT2D eigenvalue weighted by atomic mass is 32.2. The third kappa shape index (κ3) is 4.53. The Morgan fingerprint density at radius 2 is 1.44 bits per heavy atom. The van der Waals surface area contributed by atoms with Crippen molar-refractivity contribution in [2.24, 2.45) is 0 Å². The maximum Gasteiger partial charge on any atom is 0.243 e. The van der Waals surface area contributed by atoms with Crippen molar-refractivity contribution in [3.63, 3.8) is 0 Å². The van der Waals surface area contributed by atoms with Crippen molar-refractivity contribution in [1.82, 2.24) is 9.21 Å². The Balaban J connectivity index is 1.54. The lowest BCUT2D eigenvalue weighted by molar-refractivity contribution is -0.0564. The van der Waals surface area contributed by atoms with Crippen LogP contribution < -0.4 is 4.74 Å². The average Bonchev–Trinajstić information content (AvgIpc) is 2.64. The van der Waals surface area contributed by atoms with Crippen molar-refractivity contribution >= 4 is 10.0 Å². The van der Waals surface area contributed by atoms with Crippen LogP contribution in [-0.4, -0.2) is 70.2 Å². The maximum atomic E-state index is 12.8. The predicted octanol–water partition coefficient (Wildman–Crippen LogP) is 1.96. The molecule has 1 aromatic rings. The van der Waals surface area contributed by atoms with E-state index in [1.165, 1.54) is 0 Å². The van der Waals surface area contributed by atoms with Crippen LogP contribution in [0.25, 0.3) is 0 Å². The minimum Gasteiger partial charge on any atom is -0.497 e. The molecule has 6 nitrogen and oxygen atoms in total. The zero-order valence-corrected chi connectivity index (χ0v) is 15.9. The molecule has 0 aromatic heterocycles. The second-order valence-corrected chi connectivity index (χ2v) is 8.86. The summed E-state index contributed by atoms with van der Waals surface area (Å²) in [5.74, 6) is 0.657. The van der Waals surface area contributed by atoms with Crippen molar-refractivity contribution in [3.8, 4) is 5.75 Å². The Kier molecular flexibility index (Phi) is 5.99. The zero-order valence-electron chi connectivity index (χ0n) is 15.1. The van der Waals surface area contributed by atoms with E-state index in [0.29, 0.717) is 29.8 Å². The number of likely N-dealkylation sites (tertiary alicyclic amines) is 1. The Bertz CT molecular complexity index is 646. The molecule has 0 atom stereocenters. The molecule has 2 heterocycles. The minimum absolute atomic E-state index is 0.177. The van der Waals surface area contributed by atoms with Gasteiger partial charge in [-0.15, -0.1) is 0 Å². The number of ether oxygens (including phenoxy) is 2. The van der Waals surface area contributed by atoms with E-state index in [1.54, 1.807) is 35.7 Å². The van der Waals surface area contributed by atoms with Crippen molar-refractivity contribution < 1.29 is 17.9 Å². The normalized spacial score (nSPS) is 22.2. The molecule has 25 heavy (non-hydrogen) atoms. The van der Waals surface area contributed by atoms with Gasteiger partial charge in [0, 0.05) is 26.2 Å². The van der Waals surface area contributed by atoms with Gasteiger partial charge in [-0.1, -0.05) is 0 Å². The Labute approximate surface area is 150 Å². The number of methoxy groups -OCH3 is 1. The van der Waals surface area contributed by atoms with Gasteiger partial charge in [0.15, 0.2) is 0 Å². The highest BCUT2D eigenvalue weighted by molar-refractivity contribution is 7.89. The molecule has 0 unspecified atom stereocenters. The van der Waals surface area contributed by atoms with Crippen LogP contribution in [0.15, 0.2) is 29.2 Å². The maximum absolute atomic E-state index is 12.8. The Morgan fingerprint density at radius 1 is 0.920 bits per heavy atom. The third-order valence-corrected chi connectivity index (χ3v) is 7.06. The second-order valence-electron chi connectivity index (χ2n) is 6.92. The Hall–Kier alpha value is -1.15. The van der Waals surface area contributed by atoms with Crippen LogP contribution in [0, 0.1) is 0 Å². The summed E-state index contributed by atoms with van der Waals surface area (Å²) in [7, 11) is 0.270. The molecule has 1 aromatic carbocycles. The third-order valence-electron chi connectivity index (χ3n) is 5.15. The molecule has 0 amide bonds. The largest absolute Gasteiger partial charge is 0.497 e. The van der Waals surface area contributed by atoms with E-state index in [2.05, 4.69) is 11.9 Å². The number of sulfonamides is 1. The summed E-state index contributed by atoms with van der Waals surface area (Å²) in [6, 6.07) is 6.58. The van der Waals surface area contributed by atoms with Gasteiger partial charge in [0.1, 0.15) is 5.75 Å². The molecular weight excluding hydrogens is 340 g/mol. The number of hydrogen-bond acceptors (Lipinski definition) is 5.